The predicted octanol–water partition coefficient (Wildman–Crippen LogP) is 9.46. The molecule has 0 aliphatic carbocycles. The summed E-state index contributed by atoms with van der Waals surface area (Å²) in [5.74, 6) is 0. The number of para-hydroxylation sites is 3. The molecular weight excluding hydrogens is 547 g/mol. The van der Waals surface area contributed by atoms with Gasteiger partial charge in [-0.05, 0) is 48.5 Å². The second-order valence-electron chi connectivity index (χ2n) is 10.5. The largest absolute Gasteiger partial charge is 0.307 e. The van der Waals surface area contributed by atoms with Crippen LogP contribution in [0.15, 0.2) is 140 Å². The fraction of sp³-hybridized carbons (Fsp3) is 0. The Kier molecular flexibility index (Phi) is 5.30. The molecule has 0 aliphatic rings. The van der Waals surface area contributed by atoms with Crippen molar-refractivity contribution in [1.82, 2.24) is 24.1 Å². The summed E-state index contributed by atoms with van der Waals surface area (Å²) in [6, 6.07) is 44.5. The third-order valence-corrected chi connectivity index (χ3v) is 9.15. The van der Waals surface area contributed by atoms with Gasteiger partial charge in [0.2, 0.25) is 0 Å². The molecule has 5 nitrogen and oxygen atoms in total. The molecule has 4 aromatic carbocycles. The summed E-state index contributed by atoms with van der Waals surface area (Å²) in [5, 5.41) is 6.71. The van der Waals surface area contributed by atoms with Crippen molar-refractivity contribution < 1.29 is 0 Å². The number of benzene rings is 4. The molecule has 0 bridgehead atoms. The van der Waals surface area contributed by atoms with Crippen molar-refractivity contribution >= 4 is 54.9 Å². The van der Waals surface area contributed by atoms with Crippen molar-refractivity contribution in [3.05, 3.63) is 140 Å². The van der Waals surface area contributed by atoms with Gasteiger partial charge >= 0.3 is 0 Å². The van der Waals surface area contributed by atoms with Crippen LogP contribution in [0.3, 0.4) is 0 Å². The number of fused-ring (bicyclic) bond motifs is 7. The van der Waals surface area contributed by atoms with Crippen LogP contribution in [-0.2, 0) is 0 Å². The van der Waals surface area contributed by atoms with Crippen molar-refractivity contribution in [1.29, 1.82) is 0 Å². The molecule has 43 heavy (non-hydrogen) atoms. The van der Waals surface area contributed by atoms with E-state index in [1.165, 1.54) is 32.6 Å². The summed E-state index contributed by atoms with van der Waals surface area (Å²) in [4.78, 5) is 14.6. The third kappa shape index (κ3) is 3.60. The van der Waals surface area contributed by atoms with Crippen molar-refractivity contribution in [2.75, 3.05) is 0 Å². The average molecular weight is 570 g/mol. The number of thiazole rings is 1. The lowest BCUT2D eigenvalue weighted by Crippen LogP contribution is -1.99. The zero-order valence-corrected chi connectivity index (χ0v) is 23.7. The molecule has 0 unspecified atom stereocenters. The lowest BCUT2D eigenvalue weighted by atomic mass is 10.1. The molecule has 0 atom stereocenters. The summed E-state index contributed by atoms with van der Waals surface area (Å²) in [6.45, 7) is 0. The number of hydrogen-bond donors (Lipinski definition) is 0. The molecule has 0 saturated heterocycles. The van der Waals surface area contributed by atoms with E-state index in [4.69, 9.17) is 9.97 Å². The second-order valence-corrected chi connectivity index (χ2v) is 11.5. The Morgan fingerprint density at radius 3 is 1.67 bits per heavy atom. The van der Waals surface area contributed by atoms with Gasteiger partial charge in [-0.15, -0.1) is 0 Å². The Hall–Kier alpha value is -5.59. The molecule has 0 fully saturated rings. The molecule has 9 rings (SSSR count). The Morgan fingerprint density at radius 2 is 1.02 bits per heavy atom. The maximum Gasteiger partial charge on any atom is 0.144 e. The Labute approximate surface area is 251 Å². The van der Waals surface area contributed by atoms with Crippen LogP contribution in [0.25, 0.3) is 76.4 Å². The second kappa shape index (κ2) is 9.48. The van der Waals surface area contributed by atoms with Crippen LogP contribution in [0.5, 0.6) is 0 Å². The summed E-state index contributed by atoms with van der Waals surface area (Å²) in [5.41, 5.74) is 8.26. The molecule has 0 spiro atoms. The van der Waals surface area contributed by atoms with Crippen LogP contribution in [0.4, 0.5) is 0 Å². The van der Waals surface area contributed by atoms with Gasteiger partial charge in [-0.2, -0.15) is 0 Å². The number of nitrogens with zero attached hydrogens (tertiary/aromatic N) is 5. The molecule has 0 amide bonds. The average Bonchev–Trinajstić information content (AvgIpc) is 3.76. The smallest absolute Gasteiger partial charge is 0.144 e. The van der Waals surface area contributed by atoms with Gasteiger partial charge < -0.3 is 4.57 Å². The summed E-state index contributed by atoms with van der Waals surface area (Å²) in [6.07, 6.45) is 3.65. The lowest BCUT2D eigenvalue weighted by Gasteiger charge is -2.12. The molecule has 0 N–H and O–H groups in total. The van der Waals surface area contributed by atoms with Gasteiger partial charge in [0.25, 0.3) is 0 Å². The Bertz CT molecular complexity index is 2440. The van der Waals surface area contributed by atoms with Gasteiger partial charge in [-0.3, -0.25) is 14.5 Å². The molecule has 9 aromatic rings. The van der Waals surface area contributed by atoms with Gasteiger partial charge in [0.1, 0.15) is 15.7 Å². The Balaban J connectivity index is 1.50. The number of hydrogen-bond acceptors (Lipinski definition) is 4. The maximum atomic E-state index is 5.19. The minimum atomic E-state index is 0.831. The standard InChI is InChI=1S/C37H23N5S/c1-2-12-24(13-3-1)41-31-18-6-4-14-25(31)27-20-21-28-26-15-5-7-19-32(26)42(35(28)34(27)41)37-33(29-16-8-10-22-38-29)40-36(43-37)30-17-9-11-23-39-30/h1-23H. The van der Waals surface area contributed by atoms with Crippen LogP contribution in [-0.4, -0.2) is 24.1 Å². The molecule has 0 radical (unpaired) electrons. The highest BCUT2D eigenvalue weighted by atomic mass is 32.1. The highest BCUT2D eigenvalue weighted by molar-refractivity contribution is 7.18. The number of aromatic nitrogens is 5. The van der Waals surface area contributed by atoms with Gasteiger partial charge in [0, 0.05) is 39.6 Å². The first-order chi connectivity index (χ1) is 21.4. The Morgan fingerprint density at radius 1 is 0.465 bits per heavy atom. The van der Waals surface area contributed by atoms with Crippen molar-refractivity contribution in [3.63, 3.8) is 0 Å². The first-order valence-corrected chi connectivity index (χ1v) is 15.0. The normalized spacial score (nSPS) is 11.7. The van der Waals surface area contributed by atoms with E-state index in [9.17, 15) is 0 Å². The topological polar surface area (TPSA) is 48.5 Å². The lowest BCUT2D eigenvalue weighted by molar-refractivity contribution is 1.15. The van der Waals surface area contributed by atoms with Crippen LogP contribution in [0, 0.1) is 0 Å². The third-order valence-electron chi connectivity index (χ3n) is 8.09. The maximum absolute atomic E-state index is 5.19. The van der Waals surface area contributed by atoms with E-state index in [1.54, 1.807) is 11.3 Å². The predicted molar refractivity (Wildman–Crippen MR) is 177 cm³/mol. The van der Waals surface area contributed by atoms with Crippen LogP contribution in [0.2, 0.25) is 0 Å². The van der Waals surface area contributed by atoms with E-state index in [0.29, 0.717) is 0 Å². The van der Waals surface area contributed by atoms with Crippen LogP contribution < -0.4 is 0 Å². The molecule has 202 valence electrons. The van der Waals surface area contributed by atoms with Crippen molar-refractivity contribution in [2.24, 2.45) is 0 Å². The van der Waals surface area contributed by atoms with Crippen molar-refractivity contribution in [2.45, 2.75) is 0 Å². The monoisotopic (exact) mass is 569 g/mol. The molecule has 0 aliphatic heterocycles. The van der Waals surface area contributed by atoms with Gasteiger partial charge in [-0.1, -0.05) is 90.2 Å². The number of pyridine rings is 2. The summed E-state index contributed by atoms with van der Waals surface area (Å²) >= 11 is 1.65. The summed E-state index contributed by atoms with van der Waals surface area (Å²) in [7, 11) is 0. The molecular formula is C37H23N5S. The molecule has 6 heteroatoms. The zero-order valence-electron chi connectivity index (χ0n) is 22.9. The number of rotatable bonds is 4. The van der Waals surface area contributed by atoms with E-state index in [-0.39, 0.29) is 0 Å². The van der Waals surface area contributed by atoms with Gasteiger partial charge in [0.05, 0.1) is 33.5 Å². The first-order valence-electron chi connectivity index (χ1n) is 14.2. The van der Waals surface area contributed by atoms with Crippen molar-refractivity contribution in [3.8, 4) is 32.8 Å². The first kappa shape index (κ1) is 24.1. The van der Waals surface area contributed by atoms with E-state index < -0.39 is 0 Å². The zero-order chi connectivity index (χ0) is 28.3. The fourth-order valence-electron chi connectivity index (χ4n) is 6.29. The van der Waals surface area contributed by atoms with Gasteiger partial charge in [0.15, 0.2) is 0 Å². The van der Waals surface area contributed by atoms with Crippen LogP contribution >= 0.6 is 11.3 Å². The summed E-state index contributed by atoms with van der Waals surface area (Å²) < 4.78 is 4.81. The van der Waals surface area contributed by atoms with Gasteiger partial charge in [-0.25, -0.2) is 4.98 Å². The molecule has 0 saturated carbocycles. The van der Waals surface area contributed by atoms with E-state index in [0.717, 1.165) is 43.8 Å². The highest BCUT2D eigenvalue weighted by Crippen LogP contribution is 2.45. The fourth-order valence-corrected chi connectivity index (χ4v) is 7.36. The minimum Gasteiger partial charge on any atom is -0.307 e. The van der Waals surface area contributed by atoms with E-state index in [2.05, 4.69) is 105 Å². The molecule has 5 aromatic heterocycles. The quantitative estimate of drug-likeness (QED) is 0.212. The van der Waals surface area contributed by atoms with Crippen LogP contribution in [0.1, 0.15) is 0 Å². The molecule has 5 heterocycles. The van der Waals surface area contributed by atoms with E-state index >= 15 is 0 Å². The highest BCUT2D eigenvalue weighted by Gasteiger charge is 2.25. The SMILES string of the molecule is c1ccc(-n2c3ccccc3c3ccc4c5ccccc5n(-c5sc(-c6ccccn6)nc5-c5ccccn5)c4c32)cc1. The minimum absolute atomic E-state index is 0.831. The van der Waals surface area contributed by atoms with E-state index in [1.807, 2.05) is 48.8 Å².